The predicted molar refractivity (Wildman–Crippen MR) is 88.6 cm³/mol. The minimum Gasteiger partial charge on any atom is -0.423 e. The van der Waals surface area contributed by atoms with Crippen LogP contribution in [0.5, 0.6) is 5.75 Å². The molecule has 4 nitrogen and oxygen atoms in total. The fraction of sp³-hybridized carbons (Fsp3) is 0.263. The zero-order chi connectivity index (χ0) is 16.2. The highest BCUT2D eigenvalue weighted by Gasteiger charge is 2.29. The van der Waals surface area contributed by atoms with E-state index in [1.165, 1.54) is 5.56 Å². The molecule has 23 heavy (non-hydrogen) atoms. The van der Waals surface area contributed by atoms with Gasteiger partial charge in [-0.05, 0) is 55.2 Å². The van der Waals surface area contributed by atoms with Crippen molar-refractivity contribution in [1.82, 2.24) is 0 Å². The molecule has 0 heterocycles. The molecule has 1 aliphatic rings. The Hall–Kier alpha value is -2.62. The molecule has 3 rings (SSSR count). The molecule has 1 saturated carbocycles. The number of esters is 1. The van der Waals surface area contributed by atoms with Gasteiger partial charge < -0.3 is 10.1 Å². The molecule has 0 saturated heterocycles. The third-order valence-electron chi connectivity index (χ3n) is 3.86. The summed E-state index contributed by atoms with van der Waals surface area (Å²) in [5.74, 6) is 0.227. The average molecular weight is 309 g/mol. The maximum atomic E-state index is 12.2. The lowest BCUT2D eigenvalue weighted by Crippen LogP contribution is -2.14. The van der Waals surface area contributed by atoms with E-state index < -0.39 is 5.97 Å². The number of carbonyl (C=O) groups excluding carboxylic acids is 2. The van der Waals surface area contributed by atoms with Gasteiger partial charge in [-0.1, -0.05) is 25.1 Å². The van der Waals surface area contributed by atoms with Crippen LogP contribution in [0, 0.1) is 5.92 Å². The molecule has 0 aromatic heterocycles. The number of hydrogen-bond acceptors (Lipinski definition) is 3. The van der Waals surface area contributed by atoms with Crippen LogP contribution in [0.15, 0.2) is 48.5 Å². The quantitative estimate of drug-likeness (QED) is 0.675. The van der Waals surface area contributed by atoms with Crippen LogP contribution in [0.4, 0.5) is 5.69 Å². The third-order valence-corrected chi connectivity index (χ3v) is 3.86. The van der Waals surface area contributed by atoms with E-state index in [9.17, 15) is 9.59 Å². The molecule has 1 fully saturated rings. The molecular weight excluding hydrogens is 290 g/mol. The van der Waals surface area contributed by atoms with Gasteiger partial charge in [0.2, 0.25) is 5.91 Å². The number of amides is 1. The average Bonchev–Trinajstić information content (AvgIpc) is 3.41. The molecule has 4 heteroatoms. The Kier molecular flexibility index (Phi) is 4.42. The van der Waals surface area contributed by atoms with E-state index in [2.05, 4.69) is 12.2 Å². The number of aryl methyl sites for hydroxylation is 1. The standard InChI is InChI=1S/C19H19NO3/c1-2-13-6-10-17(11-7-13)23-19(22)15-4-3-5-16(12-15)20-18(21)14-8-9-14/h3-7,10-12,14H,2,8-9H2,1H3,(H,20,21). The number of benzene rings is 2. The van der Waals surface area contributed by atoms with E-state index in [0.717, 1.165) is 19.3 Å². The molecule has 0 aliphatic heterocycles. The summed E-state index contributed by atoms with van der Waals surface area (Å²) in [6.45, 7) is 2.07. The van der Waals surface area contributed by atoms with Gasteiger partial charge in [-0.2, -0.15) is 0 Å². The van der Waals surface area contributed by atoms with Crippen molar-refractivity contribution >= 4 is 17.6 Å². The number of rotatable bonds is 5. The van der Waals surface area contributed by atoms with Gasteiger partial charge in [0.25, 0.3) is 0 Å². The van der Waals surface area contributed by atoms with Gasteiger partial charge in [0.1, 0.15) is 5.75 Å². The van der Waals surface area contributed by atoms with Gasteiger partial charge in [-0.25, -0.2) is 4.79 Å². The van der Waals surface area contributed by atoms with Crippen molar-refractivity contribution in [2.45, 2.75) is 26.2 Å². The van der Waals surface area contributed by atoms with E-state index in [0.29, 0.717) is 17.0 Å². The lowest BCUT2D eigenvalue weighted by atomic mass is 10.1. The van der Waals surface area contributed by atoms with Crippen molar-refractivity contribution in [3.8, 4) is 5.75 Å². The summed E-state index contributed by atoms with van der Waals surface area (Å²) in [6, 6.07) is 14.3. The van der Waals surface area contributed by atoms with E-state index >= 15 is 0 Å². The maximum Gasteiger partial charge on any atom is 0.343 e. The first-order valence-electron chi connectivity index (χ1n) is 7.88. The molecule has 1 amide bonds. The SMILES string of the molecule is CCc1ccc(OC(=O)c2cccc(NC(=O)C3CC3)c2)cc1. The fourth-order valence-corrected chi connectivity index (χ4v) is 2.27. The van der Waals surface area contributed by atoms with E-state index in [-0.39, 0.29) is 11.8 Å². The molecule has 1 aliphatic carbocycles. The molecule has 2 aromatic carbocycles. The number of carbonyl (C=O) groups is 2. The number of nitrogens with one attached hydrogen (secondary N) is 1. The normalized spacial score (nSPS) is 13.4. The van der Waals surface area contributed by atoms with Crippen molar-refractivity contribution in [3.63, 3.8) is 0 Å². The van der Waals surface area contributed by atoms with Crippen LogP contribution in [0.25, 0.3) is 0 Å². The Morgan fingerprint density at radius 3 is 2.52 bits per heavy atom. The molecule has 0 spiro atoms. The van der Waals surface area contributed by atoms with Crippen LogP contribution < -0.4 is 10.1 Å². The number of anilines is 1. The minimum absolute atomic E-state index is 0.0191. The lowest BCUT2D eigenvalue weighted by Gasteiger charge is -2.08. The maximum absolute atomic E-state index is 12.2. The molecule has 1 N–H and O–H groups in total. The van der Waals surface area contributed by atoms with Crippen LogP contribution in [0.2, 0.25) is 0 Å². The van der Waals surface area contributed by atoms with Gasteiger partial charge in [0.05, 0.1) is 5.56 Å². The molecule has 118 valence electrons. The van der Waals surface area contributed by atoms with Crippen LogP contribution in [0.3, 0.4) is 0 Å². The van der Waals surface area contributed by atoms with Gasteiger partial charge >= 0.3 is 5.97 Å². The van der Waals surface area contributed by atoms with E-state index in [4.69, 9.17) is 4.74 Å². The molecule has 0 unspecified atom stereocenters. The van der Waals surface area contributed by atoms with Gasteiger partial charge in [-0.15, -0.1) is 0 Å². The first kappa shape index (κ1) is 15.3. The van der Waals surface area contributed by atoms with Gasteiger partial charge in [-0.3, -0.25) is 4.79 Å². The van der Waals surface area contributed by atoms with E-state index in [1.807, 2.05) is 12.1 Å². The van der Waals surface area contributed by atoms with Crippen molar-refractivity contribution in [2.75, 3.05) is 5.32 Å². The summed E-state index contributed by atoms with van der Waals surface area (Å²) in [5.41, 5.74) is 2.23. The molecule has 2 aromatic rings. The summed E-state index contributed by atoms with van der Waals surface area (Å²) >= 11 is 0. The second kappa shape index (κ2) is 6.65. The topological polar surface area (TPSA) is 55.4 Å². The first-order chi connectivity index (χ1) is 11.2. The van der Waals surface area contributed by atoms with Crippen molar-refractivity contribution in [1.29, 1.82) is 0 Å². The van der Waals surface area contributed by atoms with Crippen LogP contribution in [0.1, 0.15) is 35.7 Å². The summed E-state index contributed by atoms with van der Waals surface area (Å²) in [7, 11) is 0. The summed E-state index contributed by atoms with van der Waals surface area (Å²) < 4.78 is 5.37. The highest BCUT2D eigenvalue weighted by atomic mass is 16.5. The van der Waals surface area contributed by atoms with Crippen molar-refractivity contribution in [2.24, 2.45) is 5.92 Å². The second-order valence-corrected chi connectivity index (χ2v) is 5.73. The Morgan fingerprint density at radius 2 is 1.87 bits per heavy atom. The Balaban J connectivity index is 1.67. The monoisotopic (exact) mass is 309 g/mol. The molecule has 0 bridgehead atoms. The smallest absolute Gasteiger partial charge is 0.343 e. The Bertz CT molecular complexity index is 718. The highest BCUT2D eigenvalue weighted by Crippen LogP contribution is 2.30. The second-order valence-electron chi connectivity index (χ2n) is 5.73. The molecular formula is C19H19NO3. The summed E-state index contributed by atoms with van der Waals surface area (Å²) in [5, 5.41) is 2.83. The van der Waals surface area contributed by atoms with Gasteiger partial charge in [0.15, 0.2) is 0 Å². The van der Waals surface area contributed by atoms with Crippen molar-refractivity contribution in [3.05, 3.63) is 59.7 Å². The Labute approximate surface area is 135 Å². The molecule has 0 radical (unpaired) electrons. The summed E-state index contributed by atoms with van der Waals surface area (Å²) in [4.78, 5) is 24.0. The third kappa shape index (κ3) is 3.97. The van der Waals surface area contributed by atoms with Crippen LogP contribution in [-0.2, 0) is 11.2 Å². The van der Waals surface area contributed by atoms with E-state index in [1.54, 1.807) is 36.4 Å². The zero-order valence-corrected chi connectivity index (χ0v) is 13.0. The Morgan fingerprint density at radius 1 is 1.13 bits per heavy atom. The lowest BCUT2D eigenvalue weighted by molar-refractivity contribution is -0.117. The highest BCUT2D eigenvalue weighted by molar-refractivity contribution is 5.96. The van der Waals surface area contributed by atoms with Crippen LogP contribution >= 0.6 is 0 Å². The van der Waals surface area contributed by atoms with Gasteiger partial charge in [0, 0.05) is 11.6 Å². The number of ether oxygens (including phenoxy) is 1. The first-order valence-corrected chi connectivity index (χ1v) is 7.88. The minimum atomic E-state index is -0.434. The number of hydrogen-bond donors (Lipinski definition) is 1. The zero-order valence-electron chi connectivity index (χ0n) is 13.0. The summed E-state index contributed by atoms with van der Waals surface area (Å²) in [6.07, 6.45) is 2.83. The van der Waals surface area contributed by atoms with Crippen molar-refractivity contribution < 1.29 is 14.3 Å². The fourth-order valence-electron chi connectivity index (χ4n) is 2.27. The molecule has 0 atom stereocenters. The van der Waals surface area contributed by atoms with Crippen LogP contribution in [-0.4, -0.2) is 11.9 Å². The largest absolute Gasteiger partial charge is 0.423 e. The predicted octanol–water partition coefficient (Wildman–Crippen LogP) is 3.82.